The van der Waals surface area contributed by atoms with Crippen molar-refractivity contribution in [3.05, 3.63) is 45.5 Å². The van der Waals surface area contributed by atoms with E-state index in [0.717, 1.165) is 25.2 Å². The van der Waals surface area contributed by atoms with E-state index in [-0.39, 0.29) is 10.9 Å². The molecule has 1 unspecified atom stereocenters. The second-order valence-electron chi connectivity index (χ2n) is 7.84. The molecule has 1 atom stereocenters. The van der Waals surface area contributed by atoms with Crippen LogP contribution in [0.5, 0.6) is 0 Å². The molecule has 1 aromatic carbocycles. The fourth-order valence-corrected chi connectivity index (χ4v) is 4.49. The Balaban J connectivity index is 1.44. The standard InChI is InChI=1S/C20H20Cl2FN7O/c1-29-6-4-11(9-29)20-25-18(28-31-20)15-8-16-19(27-26-15)24-5-7-30(16)10-12-13(21)2-3-14(23)17(12)22/h2-3,8,11H,4-7,9-10H2,1H3,(H,24,27). The van der Waals surface area contributed by atoms with Crippen molar-refractivity contribution in [2.24, 2.45) is 0 Å². The van der Waals surface area contributed by atoms with Crippen LogP contribution in [-0.4, -0.2) is 58.5 Å². The fraction of sp³-hybridized carbons (Fsp3) is 0.400. The van der Waals surface area contributed by atoms with E-state index in [1.54, 1.807) is 0 Å². The minimum absolute atomic E-state index is 0.0270. The maximum atomic E-state index is 14.0. The first-order valence-electron chi connectivity index (χ1n) is 10.0. The number of rotatable bonds is 4. The monoisotopic (exact) mass is 463 g/mol. The van der Waals surface area contributed by atoms with Crippen molar-refractivity contribution in [1.82, 2.24) is 25.2 Å². The molecule has 1 N–H and O–H groups in total. The highest BCUT2D eigenvalue weighted by atomic mass is 35.5. The lowest BCUT2D eigenvalue weighted by Gasteiger charge is -2.31. The van der Waals surface area contributed by atoms with Gasteiger partial charge in [-0.05, 0) is 38.2 Å². The summed E-state index contributed by atoms with van der Waals surface area (Å²) in [5.41, 5.74) is 1.83. The number of anilines is 2. The van der Waals surface area contributed by atoms with Crippen LogP contribution in [0.1, 0.15) is 23.8 Å². The second-order valence-corrected chi connectivity index (χ2v) is 8.62. The van der Waals surface area contributed by atoms with Gasteiger partial charge in [0, 0.05) is 36.8 Å². The van der Waals surface area contributed by atoms with E-state index in [1.165, 1.54) is 12.1 Å². The Hall–Kier alpha value is -2.49. The van der Waals surface area contributed by atoms with Gasteiger partial charge in [0.2, 0.25) is 11.7 Å². The van der Waals surface area contributed by atoms with Crippen LogP contribution < -0.4 is 10.2 Å². The lowest BCUT2D eigenvalue weighted by atomic mass is 10.1. The van der Waals surface area contributed by atoms with Crippen LogP contribution in [0, 0.1) is 5.82 Å². The first-order valence-corrected chi connectivity index (χ1v) is 10.8. The number of nitrogens with zero attached hydrogens (tertiary/aromatic N) is 6. The molecule has 162 valence electrons. The number of halogens is 3. The normalized spacial score (nSPS) is 18.8. The Labute approximate surface area is 188 Å². The largest absolute Gasteiger partial charge is 0.365 e. The predicted molar refractivity (Wildman–Crippen MR) is 116 cm³/mol. The lowest BCUT2D eigenvalue weighted by molar-refractivity contribution is 0.344. The van der Waals surface area contributed by atoms with Crippen LogP contribution >= 0.6 is 23.2 Å². The Bertz CT molecular complexity index is 1120. The molecule has 0 aliphatic carbocycles. The fourth-order valence-electron chi connectivity index (χ4n) is 4.00. The molecule has 2 aliphatic rings. The van der Waals surface area contributed by atoms with Crippen molar-refractivity contribution in [1.29, 1.82) is 0 Å². The van der Waals surface area contributed by atoms with Gasteiger partial charge >= 0.3 is 0 Å². The van der Waals surface area contributed by atoms with E-state index in [0.29, 0.717) is 53.4 Å². The Kier molecular flexibility index (Phi) is 5.41. The third-order valence-electron chi connectivity index (χ3n) is 5.69. The third-order valence-corrected chi connectivity index (χ3v) is 6.45. The molecule has 2 aliphatic heterocycles. The van der Waals surface area contributed by atoms with Gasteiger partial charge in [0.15, 0.2) is 5.82 Å². The average Bonchev–Trinajstić information content (AvgIpc) is 3.43. The minimum atomic E-state index is -0.498. The van der Waals surface area contributed by atoms with Gasteiger partial charge in [-0.1, -0.05) is 28.4 Å². The number of likely N-dealkylation sites (N-methyl/N-ethyl adjacent to an activating group) is 1. The van der Waals surface area contributed by atoms with Gasteiger partial charge in [-0.2, -0.15) is 4.98 Å². The zero-order valence-electron chi connectivity index (χ0n) is 16.8. The van der Waals surface area contributed by atoms with Crippen LogP contribution in [0.3, 0.4) is 0 Å². The van der Waals surface area contributed by atoms with Gasteiger partial charge in [0.25, 0.3) is 0 Å². The average molecular weight is 464 g/mol. The quantitative estimate of drug-likeness (QED) is 0.584. The molecule has 8 nitrogen and oxygen atoms in total. The van der Waals surface area contributed by atoms with Crippen molar-refractivity contribution < 1.29 is 8.91 Å². The van der Waals surface area contributed by atoms with Crippen LogP contribution in [0.4, 0.5) is 15.9 Å². The molecule has 31 heavy (non-hydrogen) atoms. The molecule has 2 aromatic heterocycles. The van der Waals surface area contributed by atoms with Crippen molar-refractivity contribution >= 4 is 34.7 Å². The summed E-state index contributed by atoms with van der Waals surface area (Å²) in [6.45, 7) is 3.55. The predicted octanol–water partition coefficient (Wildman–Crippen LogP) is 3.82. The number of hydrogen-bond donors (Lipinski definition) is 1. The SMILES string of the molecule is CN1CCC(c2nc(-c3cc4c(nn3)NCCN4Cc3c(Cl)ccc(F)c3Cl)no2)C1. The van der Waals surface area contributed by atoms with E-state index in [2.05, 4.69) is 37.6 Å². The summed E-state index contributed by atoms with van der Waals surface area (Å²) < 4.78 is 19.5. The van der Waals surface area contributed by atoms with E-state index in [4.69, 9.17) is 27.7 Å². The first-order chi connectivity index (χ1) is 15.0. The highest BCUT2D eigenvalue weighted by molar-refractivity contribution is 6.36. The summed E-state index contributed by atoms with van der Waals surface area (Å²) in [4.78, 5) is 8.82. The van der Waals surface area contributed by atoms with Crippen LogP contribution in [0.25, 0.3) is 11.5 Å². The number of fused-ring (bicyclic) bond motifs is 1. The second kappa shape index (κ2) is 8.22. The van der Waals surface area contributed by atoms with E-state index in [9.17, 15) is 4.39 Å². The Morgan fingerprint density at radius 2 is 2.13 bits per heavy atom. The van der Waals surface area contributed by atoms with Crippen molar-refractivity contribution in [3.8, 4) is 11.5 Å². The maximum absolute atomic E-state index is 14.0. The summed E-state index contributed by atoms with van der Waals surface area (Å²) in [5.74, 6) is 1.37. The van der Waals surface area contributed by atoms with Gasteiger partial charge in [0.05, 0.1) is 16.6 Å². The lowest BCUT2D eigenvalue weighted by Crippen LogP contribution is -2.34. The van der Waals surface area contributed by atoms with Crippen molar-refractivity contribution in [2.45, 2.75) is 18.9 Å². The zero-order chi connectivity index (χ0) is 21.5. The summed E-state index contributed by atoms with van der Waals surface area (Å²) in [7, 11) is 2.07. The smallest absolute Gasteiger partial charge is 0.231 e. The number of aromatic nitrogens is 4. The molecule has 0 radical (unpaired) electrons. The van der Waals surface area contributed by atoms with Gasteiger partial charge in [-0.15, -0.1) is 10.2 Å². The van der Waals surface area contributed by atoms with Gasteiger partial charge in [0.1, 0.15) is 11.5 Å². The highest BCUT2D eigenvalue weighted by Gasteiger charge is 2.28. The number of likely N-dealkylation sites (tertiary alicyclic amines) is 1. The molecular formula is C20H20Cl2FN7O. The zero-order valence-corrected chi connectivity index (χ0v) is 18.3. The number of hydrogen-bond acceptors (Lipinski definition) is 8. The van der Waals surface area contributed by atoms with Gasteiger partial charge in [-0.3, -0.25) is 0 Å². The van der Waals surface area contributed by atoms with E-state index < -0.39 is 5.82 Å². The van der Waals surface area contributed by atoms with Crippen molar-refractivity contribution in [2.75, 3.05) is 43.4 Å². The van der Waals surface area contributed by atoms with Crippen LogP contribution in [-0.2, 0) is 6.54 Å². The molecular weight excluding hydrogens is 444 g/mol. The molecule has 0 amide bonds. The molecule has 3 aromatic rings. The molecule has 11 heteroatoms. The topological polar surface area (TPSA) is 83.2 Å². The summed E-state index contributed by atoms with van der Waals surface area (Å²) in [6.07, 6.45) is 0.987. The molecule has 5 rings (SSSR count). The third kappa shape index (κ3) is 3.93. The van der Waals surface area contributed by atoms with Gasteiger partial charge < -0.3 is 19.6 Å². The first kappa shape index (κ1) is 20.4. The highest BCUT2D eigenvalue weighted by Crippen LogP contribution is 2.35. The summed E-state index contributed by atoms with van der Waals surface area (Å²) in [6, 6.07) is 4.63. The molecule has 0 bridgehead atoms. The molecule has 0 saturated carbocycles. The minimum Gasteiger partial charge on any atom is -0.365 e. The number of benzene rings is 1. The van der Waals surface area contributed by atoms with Crippen LogP contribution in [0.2, 0.25) is 10.0 Å². The van der Waals surface area contributed by atoms with E-state index in [1.807, 2.05) is 11.0 Å². The molecule has 4 heterocycles. The van der Waals surface area contributed by atoms with E-state index >= 15 is 0 Å². The molecule has 1 fully saturated rings. The maximum Gasteiger partial charge on any atom is 0.231 e. The molecule has 1 saturated heterocycles. The summed E-state index contributed by atoms with van der Waals surface area (Å²) >= 11 is 12.5. The van der Waals surface area contributed by atoms with Gasteiger partial charge in [-0.25, -0.2) is 4.39 Å². The summed E-state index contributed by atoms with van der Waals surface area (Å²) in [5, 5.41) is 16.3. The van der Waals surface area contributed by atoms with Crippen LogP contribution in [0.15, 0.2) is 22.7 Å². The molecule has 0 spiro atoms. The Morgan fingerprint density at radius 1 is 1.26 bits per heavy atom. The Morgan fingerprint density at radius 3 is 2.94 bits per heavy atom. The van der Waals surface area contributed by atoms with Crippen molar-refractivity contribution in [3.63, 3.8) is 0 Å². The number of nitrogens with one attached hydrogen (secondary N) is 1.